The molecule has 1 N–H and O–H groups in total. The summed E-state index contributed by atoms with van der Waals surface area (Å²) in [5.41, 5.74) is 1.86. The molecule has 0 saturated heterocycles. The molecule has 1 aliphatic heterocycles. The molecule has 0 amide bonds. The number of fused-ring (bicyclic) bond motifs is 2. The van der Waals surface area contributed by atoms with Gasteiger partial charge < -0.3 is 19.2 Å². The van der Waals surface area contributed by atoms with E-state index in [9.17, 15) is 9.59 Å². The largest absolute Gasteiger partial charge is 0.486 e. The number of nitrogens with one attached hydrogen (secondary N) is 1. The standard InChI is InChI=1S/C23H18N2O5S/c1-13(30-23(27)15-7-8-17-18(11-15)29-10-9-28-17)20-24-21(26)19-16(12-31-22(19)25-20)14-5-3-2-4-6-14/h2-8,11-13H,9-10H2,1H3,(H,24,25,26). The van der Waals surface area contributed by atoms with Crippen LogP contribution in [0.4, 0.5) is 0 Å². The zero-order valence-electron chi connectivity index (χ0n) is 16.6. The Balaban J connectivity index is 1.40. The van der Waals surface area contributed by atoms with Gasteiger partial charge in [-0.3, -0.25) is 4.79 Å². The number of aromatic nitrogens is 2. The fraction of sp³-hybridized carbons (Fsp3) is 0.174. The second kappa shape index (κ2) is 7.88. The van der Waals surface area contributed by atoms with Crippen LogP contribution in [0.1, 0.15) is 29.2 Å². The minimum atomic E-state index is -0.736. The maximum atomic E-state index is 12.8. The molecule has 0 aliphatic carbocycles. The number of carbonyl (C=O) groups excluding carboxylic acids is 1. The van der Waals surface area contributed by atoms with Crippen molar-refractivity contribution in [2.24, 2.45) is 0 Å². The molecule has 31 heavy (non-hydrogen) atoms. The lowest BCUT2D eigenvalue weighted by atomic mass is 10.1. The van der Waals surface area contributed by atoms with Gasteiger partial charge in [-0.15, -0.1) is 11.3 Å². The third-order valence-corrected chi connectivity index (χ3v) is 5.87. The van der Waals surface area contributed by atoms with Gasteiger partial charge in [0.25, 0.3) is 5.56 Å². The Morgan fingerprint density at radius 1 is 1.13 bits per heavy atom. The highest BCUT2D eigenvalue weighted by Crippen LogP contribution is 2.33. The molecule has 2 aromatic heterocycles. The monoisotopic (exact) mass is 434 g/mol. The molecule has 7 nitrogen and oxygen atoms in total. The van der Waals surface area contributed by atoms with E-state index in [-0.39, 0.29) is 5.56 Å². The first-order valence-corrected chi connectivity index (χ1v) is 10.7. The van der Waals surface area contributed by atoms with E-state index in [0.717, 1.165) is 11.1 Å². The smallest absolute Gasteiger partial charge is 0.338 e. The Bertz CT molecular complexity index is 1330. The molecule has 8 heteroatoms. The molecular weight excluding hydrogens is 416 g/mol. The second-order valence-corrected chi connectivity index (χ2v) is 7.91. The number of esters is 1. The SMILES string of the molecule is CC(OC(=O)c1ccc2c(c1)OCCO2)c1nc2scc(-c3ccccc3)c2c(=O)[nH]1. The molecule has 0 fully saturated rings. The van der Waals surface area contributed by atoms with Crippen LogP contribution in [0.2, 0.25) is 0 Å². The molecule has 0 spiro atoms. The fourth-order valence-electron chi connectivity index (χ4n) is 3.44. The van der Waals surface area contributed by atoms with Crippen molar-refractivity contribution in [1.29, 1.82) is 0 Å². The number of hydrogen-bond acceptors (Lipinski definition) is 7. The first-order valence-electron chi connectivity index (χ1n) is 9.77. The van der Waals surface area contributed by atoms with Crippen LogP contribution in [0.3, 0.4) is 0 Å². The first kappa shape index (κ1) is 19.3. The summed E-state index contributed by atoms with van der Waals surface area (Å²) >= 11 is 1.38. The minimum absolute atomic E-state index is 0.262. The Morgan fingerprint density at radius 2 is 1.90 bits per heavy atom. The van der Waals surface area contributed by atoms with Crippen molar-refractivity contribution in [3.63, 3.8) is 0 Å². The number of hydrogen-bond donors (Lipinski definition) is 1. The highest BCUT2D eigenvalue weighted by atomic mass is 32.1. The Labute approximate surface area is 181 Å². The van der Waals surface area contributed by atoms with Crippen molar-refractivity contribution in [2.45, 2.75) is 13.0 Å². The van der Waals surface area contributed by atoms with Crippen LogP contribution in [-0.2, 0) is 4.74 Å². The van der Waals surface area contributed by atoms with Gasteiger partial charge in [-0.2, -0.15) is 0 Å². The summed E-state index contributed by atoms with van der Waals surface area (Å²) in [4.78, 5) is 33.3. The lowest BCUT2D eigenvalue weighted by Crippen LogP contribution is -2.18. The summed E-state index contributed by atoms with van der Waals surface area (Å²) < 4.78 is 16.5. The molecule has 0 saturated carbocycles. The van der Waals surface area contributed by atoms with Crippen molar-refractivity contribution in [2.75, 3.05) is 13.2 Å². The average Bonchev–Trinajstić information content (AvgIpc) is 3.24. The molecule has 0 bridgehead atoms. The van der Waals surface area contributed by atoms with Gasteiger partial charge in [0, 0.05) is 10.9 Å². The fourth-order valence-corrected chi connectivity index (χ4v) is 4.40. The molecule has 1 unspecified atom stereocenters. The van der Waals surface area contributed by atoms with Crippen molar-refractivity contribution in [3.05, 3.63) is 75.7 Å². The summed E-state index contributed by atoms with van der Waals surface area (Å²) in [5.74, 6) is 0.862. The van der Waals surface area contributed by atoms with E-state index < -0.39 is 12.1 Å². The van der Waals surface area contributed by atoms with E-state index in [4.69, 9.17) is 14.2 Å². The third kappa shape index (κ3) is 3.66. The number of carbonyl (C=O) groups is 1. The van der Waals surface area contributed by atoms with Crippen LogP contribution in [0, 0.1) is 0 Å². The molecule has 156 valence electrons. The first-order chi connectivity index (χ1) is 15.1. The van der Waals surface area contributed by atoms with E-state index in [0.29, 0.717) is 46.3 Å². The van der Waals surface area contributed by atoms with Gasteiger partial charge in [0.1, 0.15) is 18.0 Å². The van der Waals surface area contributed by atoms with Crippen LogP contribution >= 0.6 is 11.3 Å². The predicted octanol–water partition coefficient (Wildman–Crippen LogP) is 4.34. The molecule has 2 aromatic carbocycles. The molecule has 1 atom stereocenters. The number of ether oxygens (including phenoxy) is 3. The highest BCUT2D eigenvalue weighted by Gasteiger charge is 2.21. The normalized spacial score (nSPS) is 13.7. The molecule has 1 aliphatic rings. The van der Waals surface area contributed by atoms with Crippen LogP contribution in [0.25, 0.3) is 21.3 Å². The Kier molecular flexibility index (Phi) is 4.91. The number of H-pyrrole nitrogens is 1. The number of benzene rings is 2. The second-order valence-electron chi connectivity index (χ2n) is 7.05. The maximum Gasteiger partial charge on any atom is 0.338 e. The number of aromatic amines is 1. The van der Waals surface area contributed by atoms with Gasteiger partial charge in [-0.1, -0.05) is 30.3 Å². The van der Waals surface area contributed by atoms with Crippen molar-refractivity contribution in [3.8, 4) is 22.6 Å². The van der Waals surface area contributed by atoms with E-state index >= 15 is 0 Å². The van der Waals surface area contributed by atoms with Crippen LogP contribution in [-0.4, -0.2) is 29.2 Å². The van der Waals surface area contributed by atoms with Crippen LogP contribution in [0.15, 0.2) is 58.7 Å². The van der Waals surface area contributed by atoms with E-state index in [1.54, 1.807) is 25.1 Å². The molecule has 3 heterocycles. The number of rotatable bonds is 4. The zero-order chi connectivity index (χ0) is 21.4. The lowest BCUT2D eigenvalue weighted by Gasteiger charge is -2.19. The lowest BCUT2D eigenvalue weighted by molar-refractivity contribution is 0.0319. The molecule has 5 rings (SSSR count). The summed E-state index contributed by atoms with van der Waals surface area (Å²) in [6, 6.07) is 14.6. The van der Waals surface area contributed by atoms with E-state index in [1.165, 1.54) is 11.3 Å². The molecule has 0 radical (unpaired) electrons. The van der Waals surface area contributed by atoms with Gasteiger partial charge in [-0.25, -0.2) is 9.78 Å². The molecule has 4 aromatic rings. The van der Waals surface area contributed by atoms with E-state index in [2.05, 4.69) is 9.97 Å². The molecular formula is C23H18N2O5S. The van der Waals surface area contributed by atoms with Gasteiger partial charge >= 0.3 is 5.97 Å². The van der Waals surface area contributed by atoms with Gasteiger partial charge in [0.05, 0.1) is 10.9 Å². The minimum Gasteiger partial charge on any atom is -0.486 e. The summed E-state index contributed by atoms with van der Waals surface area (Å²) in [7, 11) is 0. The predicted molar refractivity (Wildman–Crippen MR) is 117 cm³/mol. The zero-order valence-corrected chi connectivity index (χ0v) is 17.4. The van der Waals surface area contributed by atoms with E-state index in [1.807, 2.05) is 35.7 Å². The van der Waals surface area contributed by atoms with Crippen LogP contribution < -0.4 is 15.0 Å². The summed E-state index contributed by atoms with van der Waals surface area (Å²) in [6.45, 7) is 2.58. The van der Waals surface area contributed by atoms with Crippen molar-refractivity contribution >= 4 is 27.5 Å². The highest BCUT2D eigenvalue weighted by molar-refractivity contribution is 7.17. The van der Waals surface area contributed by atoms with Crippen molar-refractivity contribution < 1.29 is 19.0 Å². The number of nitrogens with zero attached hydrogens (tertiary/aromatic N) is 1. The van der Waals surface area contributed by atoms with Crippen LogP contribution in [0.5, 0.6) is 11.5 Å². The van der Waals surface area contributed by atoms with Crippen molar-refractivity contribution in [1.82, 2.24) is 9.97 Å². The topological polar surface area (TPSA) is 90.5 Å². The quantitative estimate of drug-likeness (QED) is 0.481. The summed E-state index contributed by atoms with van der Waals surface area (Å²) in [6.07, 6.45) is -0.736. The third-order valence-electron chi connectivity index (χ3n) is 4.99. The Morgan fingerprint density at radius 3 is 2.71 bits per heavy atom. The average molecular weight is 434 g/mol. The summed E-state index contributed by atoms with van der Waals surface area (Å²) in [5, 5.41) is 2.45. The van der Waals surface area contributed by atoms with Gasteiger partial charge in [-0.05, 0) is 30.7 Å². The van der Waals surface area contributed by atoms with Gasteiger partial charge in [0.15, 0.2) is 23.4 Å². The number of thiophene rings is 1. The maximum absolute atomic E-state index is 12.8. The van der Waals surface area contributed by atoms with Gasteiger partial charge in [0.2, 0.25) is 0 Å². The Hall–Kier alpha value is -3.65.